The Hall–Kier alpha value is -0.820. The lowest BCUT2D eigenvalue weighted by atomic mass is 10.1. The Kier molecular flexibility index (Phi) is 3.90. The fourth-order valence-electron chi connectivity index (χ4n) is 2.63. The number of piperazine rings is 1. The van der Waals surface area contributed by atoms with Crippen LogP contribution in [-0.2, 0) is 0 Å². The third-order valence-electron chi connectivity index (χ3n) is 3.64. The number of nitrogens with zero attached hydrogens (tertiary/aromatic N) is 2. The van der Waals surface area contributed by atoms with Gasteiger partial charge in [0.05, 0.1) is 22.5 Å². The van der Waals surface area contributed by atoms with Crippen LogP contribution in [0.15, 0.2) is 6.07 Å². The number of fused-ring (bicyclic) bond motifs is 1. The highest BCUT2D eigenvalue weighted by Crippen LogP contribution is 2.31. The van der Waals surface area contributed by atoms with Gasteiger partial charge in [-0.3, -0.25) is 9.69 Å². The van der Waals surface area contributed by atoms with E-state index in [1.54, 1.807) is 6.07 Å². The molecule has 2 amide bonds. The smallest absolute Gasteiger partial charge is 0.317 e. The van der Waals surface area contributed by atoms with Crippen molar-refractivity contribution in [2.75, 3.05) is 32.7 Å². The van der Waals surface area contributed by atoms with Gasteiger partial charge in [0.1, 0.15) is 4.34 Å². The van der Waals surface area contributed by atoms with Crippen LogP contribution >= 0.6 is 34.5 Å². The van der Waals surface area contributed by atoms with E-state index < -0.39 is 0 Å². The number of urea groups is 1. The Morgan fingerprint density at radius 3 is 2.95 bits per heavy atom. The van der Waals surface area contributed by atoms with Gasteiger partial charge >= 0.3 is 6.03 Å². The van der Waals surface area contributed by atoms with E-state index in [9.17, 15) is 9.59 Å². The summed E-state index contributed by atoms with van der Waals surface area (Å²) in [5.41, 5.74) is 0.490. The molecule has 108 valence electrons. The van der Waals surface area contributed by atoms with E-state index >= 15 is 0 Å². The van der Waals surface area contributed by atoms with Crippen molar-refractivity contribution in [3.05, 3.63) is 20.3 Å². The summed E-state index contributed by atoms with van der Waals surface area (Å²) < 4.78 is 0.963. The largest absolute Gasteiger partial charge is 0.336 e. The second kappa shape index (κ2) is 5.52. The van der Waals surface area contributed by atoms with E-state index in [1.807, 2.05) is 4.90 Å². The number of Topliss-reactive ketones (excluding diaryl/α,β-unsaturated/α-hetero) is 1. The van der Waals surface area contributed by atoms with Crippen molar-refractivity contribution in [3.63, 3.8) is 0 Å². The van der Waals surface area contributed by atoms with Crippen LogP contribution in [0.2, 0.25) is 8.67 Å². The highest BCUT2D eigenvalue weighted by atomic mass is 35.5. The Bertz CT molecular complexity index is 563. The lowest BCUT2D eigenvalue weighted by Crippen LogP contribution is -2.53. The van der Waals surface area contributed by atoms with Gasteiger partial charge in [-0.15, -0.1) is 11.3 Å². The van der Waals surface area contributed by atoms with E-state index in [2.05, 4.69) is 10.2 Å². The van der Waals surface area contributed by atoms with Gasteiger partial charge < -0.3 is 10.2 Å². The minimum Gasteiger partial charge on any atom is -0.336 e. The summed E-state index contributed by atoms with van der Waals surface area (Å²) in [4.78, 5) is 27.6. The van der Waals surface area contributed by atoms with Crippen molar-refractivity contribution in [1.29, 1.82) is 0 Å². The average Bonchev–Trinajstić information content (AvgIpc) is 2.93. The molecule has 20 heavy (non-hydrogen) atoms. The molecule has 1 N–H and O–H groups in total. The zero-order valence-electron chi connectivity index (χ0n) is 10.6. The minimum atomic E-state index is -0.0242. The molecule has 0 radical (unpaired) electrons. The number of amides is 2. The molecular formula is C12H13Cl2N3O2S. The van der Waals surface area contributed by atoms with Crippen molar-refractivity contribution in [2.24, 2.45) is 0 Å². The van der Waals surface area contributed by atoms with Crippen LogP contribution in [0.4, 0.5) is 4.79 Å². The third-order valence-corrected chi connectivity index (χ3v) is 5.13. The molecule has 2 aliphatic heterocycles. The maximum Gasteiger partial charge on any atom is 0.317 e. The van der Waals surface area contributed by atoms with Crippen molar-refractivity contribution >= 4 is 46.4 Å². The zero-order valence-corrected chi connectivity index (χ0v) is 12.9. The molecule has 0 aromatic carbocycles. The van der Waals surface area contributed by atoms with E-state index in [4.69, 9.17) is 23.2 Å². The van der Waals surface area contributed by atoms with Gasteiger partial charge in [0.25, 0.3) is 0 Å². The number of nitrogens with one attached hydrogen (secondary N) is 1. The zero-order chi connectivity index (χ0) is 14.3. The fourth-order valence-corrected chi connectivity index (χ4v) is 4.13. The molecule has 3 heterocycles. The number of rotatable bonds is 3. The van der Waals surface area contributed by atoms with Gasteiger partial charge in [-0.1, -0.05) is 23.2 Å². The SMILES string of the molecule is O=C(CN1CCN2C(=O)NCC2C1)c1cc(Cl)sc1Cl. The summed E-state index contributed by atoms with van der Waals surface area (Å²) in [6.07, 6.45) is 0. The summed E-state index contributed by atoms with van der Waals surface area (Å²) in [7, 11) is 0. The molecule has 1 aromatic heterocycles. The predicted octanol–water partition coefficient (Wildman–Crippen LogP) is 1.95. The quantitative estimate of drug-likeness (QED) is 0.860. The summed E-state index contributed by atoms with van der Waals surface area (Å²) in [6.45, 7) is 3.02. The number of hydrogen-bond acceptors (Lipinski definition) is 4. The maximum absolute atomic E-state index is 12.2. The van der Waals surface area contributed by atoms with Crippen molar-refractivity contribution in [1.82, 2.24) is 15.1 Å². The van der Waals surface area contributed by atoms with Crippen molar-refractivity contribution in [2.45, 2.75) is 6.04 Å². The van der Waals surface area contributed by atoms with Crippen LogP contribution in [0, 0.1) is 0 Å². The Balaban J connectivity index is 1.63. The number of thiophene rings is 1. The van der Waals surface area contributed by atoms with E-state index in [0.29, 0.717) is 47.0 Å². The van der Waals surface area contributed by atoms with Crippen LogP contribution < -0.4 is 5.32 Å². The molecule has 1 aromatic rings. The Morgan fingerprint density at radius 1 is 1.45 bits per heavy atom. The highest BCUT2D eigenvalue weighted by Gasteiger charge is 2.35. The summed E-state index contributed by atoms with van der Waals surface area (Å²) in [5, 5.41) is 2.82. The molecule has 0 aliphatic carbocycles. The molecule has 1 unspecified atom stereocenters. The number of carbonyl (C=O) groups is 2. The molecule has 2 saturated heterocycles. The lowest BCUT2D eigenvalue weighted by Gasteiger charge is -2.35. The molecule has 0 bridgehead atoms. The first-order chi connectivity index (χ1) is 9.54. The standard InChI is InChI=1S/C12H13Cl2N3O2S/c13-10-3-8(11(14)20-10)9(18)6-16-1-2-17-7(5-16)4-15-12(17)19/h3,7H,1-2,4-6H2,(H,15,19). The van der Waals surface area contributed by atoms with Gasteiger partial charge in [0.15, 0.2) is 5.78 Å². The van der Waals surface area contributed by atoms with Crippen LogP contribution in [0.3, 0.4) is 0 Å². The number of halogens is 2. The van der Waals surface area contributed by atoms with Crippen LogP contribution in [0.1, 0.15) is 10.4 Å². The number of ketones is 1. The average molecular weight is 334 g/mol. The van der Waals surface area contributed by atoms with E-state index in [-0.39, 0.29) is 17.9 Å². The predicted molar refractivity (Wildman–Crippen MR) is 79.0 cm³/mol. The molecule has 2 aliphatic rings. The van der Waals surface area contributed by atoms with Crippen molar-refractivity contribution in [3.8, 4) is 0 Å². The van der Waals surface area contributed by atoms with Crippen LogP contribution in [0.5, 0.6) is 0 Å². The maximum atomic E-state index is 12.2. The first-order valence-corrected chi connectivity index (χ1v) is 7.86. The van der Waals surface area contributed by atoms with Gasteiger partial charge in [0.2, 0.25) is 0 Å². The minimum absolute atomic E-state index is 0.00589. The van der Waals surface area contributed by atoms with Gasteiger partial charge in [-0.05, 0) is 6.07 Å². The Morgan fingerprint density at radius 2 is 2.25 bits per heavy atom. The first kappa shape index (κ1) is 14.1. The number of carbonyl (C=O) groups excluding carboxylic acids is 2. The third kappa shape index (κ3) is 2.65. The second-order valence-corrected chi connectivity index (χ2v) is 7.22. The van der Waals surface area contributed by atoms with E-state index in [0.717, 1.165) is 0 Å². The Labute approximate surface area is 130 Å². The molecule has 2 fully saturated rings. The second-order valence-electron chi connectivity index (χ2n) is 4.93. The molecule has 0 spiro atoms. The summed E-state index contributed by atoms with van der Waals surface area (Å²) in [6, 6.07) is 1.77. The first-order valence-electron chi connectivity index (χ1n) is 6.29. The summed E-state index contributed by atoms with van der Waals surface area (Å²) >= 11 is 13.1. The topological polar surface area (TPSA) is 52.7 Å². The molecule has 1 atom stereocenters. The van der Waals surface area contributed by atoms with Crippen LogP contribution in [0.25, 0.3) is 0 Å². The molecule has 5 nitrogen and oxygen atoms in total. The molecule has 3 rings (SSSR count). The van der Waals surface area contributed by atoms with Crippen LogP contribution in [-0.4, -0.2) is 60.4 Å². The van der Waals surface area contributed by atoms with Gasteiger partial charge in [0, 0.05) is 26.2 Å². The monoisotopic (exact) mass is 333 g/mol. The fraction of sp³-hybridized carbons (Fsp3) is 0.500. The number of hydrogen-bond donors (Lipinski definition) is 1. The molecule has 8 heteroatoms. The lowest BCUT2D eigenvalue weighted by molar-refractivity contribution is 0.0839. The van der Waals surface area contributed by atoms with Gasteiger partial charge in [-0.2, -0.15) is 0 Å². The molecular weight excluding hydrogens is 321 g/mol. The summed E-state index contributed by atoms with van der Waals surface area (Å²) in [5.74, 6) is -0.0242. The van der Waals surface area contributed by atoms with Crippen molar-refractivity contribution < 1.29 is 9.59 Å². The normalized spacial score (nSPS) is 22.8. The molecule has 0 saturated carbocycles. The van der Waals surface area contributed by atoms with Gasteiger partial charge in [-0.25, -0.2) is 4.79 Å². The van der Waals surface area contributed by atoms with E-state index in [1.165, 1.54) is 11.3 Å². The highest BCUT2D eigenvalue weighted by molar-refractivity contribution is 7.20.